The van der Waals surface area contributed by atoms with Crippen LogP contribution in [0.3, 0.4) is 0 Å². The van der Waals surface area contributed by atoms with Crippen LogP contribution in [-0.2, 0) is 15.0 Å². The molecule has 3 heterocycles. The van der Waals surface area contributed by atoms with Crippen molar-refractivity contribution in [2.45, 2.75) is 37.5 Å². The van der Waals surface area contributed by atoms with Gasteiger partial charge in [-0.1, -0.05) is 30.3 Å². The van der Waals surface area contributed by atoms with Crippen molar-refractivity contribution in [3.05, 3.63) is 35.9 Å². The van der Waals surface area contributed by atoms with Crippen molar-refractivity contribution in [2.75, 3.05) is 39.8 Å². The molecule has 2 amide bonds. The number of nitrogens with zero attached hydrogens (tertiary/aromatic N) is 2. The van der Waals surface area contributed by atoms with Crippen LogP contribution in [0.25, 0.3) is 0 Å². The summed E-state index contributed by atoms with van der Waals surface area (Å²) in [5, 5.41) is 3.02. The van der Waals surface area contributed by atoms with E-state index in [2.05, 4.69) is 29.4 Å². The fraction of sp³-hybridized carbons (Fsp3) is 0.619. The molecule has 3 saturated heterocycles. The van der Waals surface area contributed by atoms with Gasteiger partial charge in [0, 0.05) is 19.6 Å². The number of hydrogen-bond acceptors (Lipinski definition) is 3. The SMILES string of the molecule is CN1CCC(C(=O)N2CC[C@]3(CCCNC3=O)C2)(c2ccccc2)CC1. The molecule has 3 aliphatic rings. The van der Waals surface area contributed by atoms with E-state index in [0.717, 1.165) is 57.3 Å². The number of nitrogens with one attached hydrogen (secondary N) is 1. The van der Waals surface area contributed by atoms with E-state index in [1.165, 1.54) is 0 Å². The Bertz CT molecular complexity index is 682. The average Bonchev–Trinajstić information content (AvgIpc) is 3.10. The fourth-order valence-corrected chi connectivity index (χ4v) is 5.05. The lowest BCUT2D eigenvalue weighted by Crippen LogP contribution is -2.53. The third kappa shape index (κ3) is 2.82. The first-order chi connectivity index (χ1) is 12.6. The summed E-state index contributed by atoms with van der Waals surface area (Å²) in [6, 6.07) is 10.3. The van der Waals surface area contributed by atoms with Crippen LogP contribution in [0.15, 0.2) is 30.3 Å². The lowest BCUT2D eigenvalue weighted by molar-refractivity contribution is -0.140. The van der Waals surface area contributed by atoms with Gasteiger partial charge in [0.1, 0.15) is 0 Å². The van der Waals surface area contributed by atoms with Gasteiger partial charge in [0.25, 0.3) is 0 Å². The van der Waals surface area contributed by atoms with Crippen LogP contribution >= 0.6 is 0 Å². The van der Waals surface area contributed by atoms with Crippen LogP contribution < -0.4 is 5.32 Å². The summed E-state index contributed by atoms with van der Waals surface area (Å²) in [7, 11) is 2.12. The van der Waals surface area contributed by atoms with E-state index in [4.69, 9.17) is 0 Å². The predicted octanol–water partition coefficient (Wildman–Crippen LogP) is 1.78. The highest BCUT2D eigenvalue weighted by Gasteiger charge is 2.51. The summed E-state index contributed by atoms with van der Waals surface area (Å²) in [6.07, 6.45) is 4.42. The molecule has 0 radical (unpaired) electrons. The van der Waals surface area contributed by atoms with Gasteiger partial charge in [0.2, 0.25) is 11.8 Å². The average molecular weight is 355 g/mol. The van der Waals surface area contributed by atoms with Gasteiger partial charge in [-0.2, -0.15) is 0 Å². The highest BCUT2D eigenvalue weighted by atomic mass is 16.2. The maximum Gasteiger partial charge on any atom is 0.233 e. The number of rotatable bonds is 2. The summed E-state index contributed by atoms with van der Waals surface area (Å²) >= 11 is 0. The van der Waals surface area contributed by atoms with Gasteiger partial charge in [0.15, 0.2) is 0 Å². The molecule has 1 atom stereocenters. The highest BCUT2D eigenvalue weighted by Crippen LogP contribution is 2.42. The van der Waals surface area contributed by atoms with E-state index in [9.17, 15) is 9.59 Å². The quantitative estimate of drug-likeness (QED) is 0.880. The molecular weight excluding hydrogens is 326 g/mol. The lowest BCUT2D eigenvalue weighted by atomic mass is 9.71. The molecule has 3 fully saturated rings. The monoisotopic (exact) mass is 355 g/mol. The van der Waals surface area contributed by atoms with Crippen LogP contribution in [0.5, 0.6) is 0 Å². The van der Waals surface area contributed by atoms with E-state index in [1.54, 1.807) is 0 Å². The zero-order chi connectivity index (χ0) is 18.2. The van der Waals surface area contributed by atoms with Gasteiger partial charge in [-0.15, -0.1) is 0 Å². The third-order valence-corrected chi connectivity index (χ3v) is 6.82. The number of carbonyl (C=O) groups is 2. The van der Waals surface area contributed by atoms with Crippen molar-refractivity contribution < 1.29 is 9.59 Å². The molecule has 5 nitrogen and oxygen atoms in total. The second kappa shape index (κ2) is 6.69. The second-order valence-corrected chi connectivity index (χ2v) is 8.37. The van der Waals surface area contributed by atoms with Crippen molar-refractivity contribution in [2.24, 2.45) is 5.41 Å². The molecule has 1 aromatic rings. The maximum absolute atomic E-state index is 13.7. The molecular formula is C21H29N3O2. The molecule has 3 aliphatic heterocycles. The molecule has 26 heavy (non-hydrogen) atoms. The molecule has 0 unspecified atom stereocenters. The van der Waals surface area contributed by atoms with E-state index in [1.807, 2.05) is 23.1 Å². The minimum Gasteiger partial charge on any atom is -0.356 e. The smallest absolute Gasteiger partial charge is 0.233 e. The first-order valence-electron chi connectivity index (χ1n) is 9.88. The largest absolute Gasteiger partial charge is 0.356 e. The Morgan fingerprint density at radius 1 is 1.04 bits per heavy atom. The molecule has 5 heteroatoms. The van der Waals surface area contributed by atoms with Crippen LogP contribution in [0.4, 0.5) is 0 Å². The van der Waals surface area contributed by atoms with Crippen LogP contribution in [0.2, 0.25) is 0 Å². The van der Waals surface area contributed by atoms with Crippen molar-refractivity contribution in [1.82, 2.24) is 15.1 Å². The fourth-order valence-electron chi connectivity index (χ4n) is 5.05. The standard InChI is InChI=1S/C21H29N3O2/c1-23-13-10-21(11-14-23,17-6-3-2-4-7-17)19(26)24-15-9-20(16-24)8-5-12-22-18(20)25/h2-4,6-7H,5,8-16H2,1H3,(H,22,25)/t20-/m1/s1. The Kier molecular flexibility index (Phi) is 4.51. The number of benzene rings is 1. The number of carbonyl (C=O) groups excluding carboxylic acids is 2. The predicted molar refractivity (Wildman–Crippen MR) is 101 cm³/mol. The van der Waals surface area contributed by atoms with E-state index < -0.39 is 5.41 Å². The molecule has 0 saturated carbocycles. The van der Waals surface area contributed by atoms with Gasteiger partial charge in [0.05, 0.1) is 10.8 Å². The molecule has 0 aliphatic carbocycles. The zero-order valence-corrected chi connectivity index (χ0v) is 15.7. The lowest BCUT2D eigenvalue weighted by Gasteiger charge is -2.42. The Morgan fingerprint density at radius 3 is 2.46 bits per heavy atom. The number of piperidine rings is 2. The summed E-state index contributed by atoms with van der Waals surface area (Å²) in [5.74, 6) is 0.378. The Hall–Kier alpha value is -1.88. The van der Waals surface area contributed by atoms with Crippen LogP contribution in [-0.4, -0.2) is 61.4 Å². The minimum absolute atomic E-state index is 0.149. The van der Waals surface area contributed by atoms with Gasteiger partial charge >= 0.3 is 0 Å². The number of amides is 2. The maximum atomic E-state index is 13.7. The minimum atomic E-state index is -0.440. The molecule has 1 spiro atoms. The molecule has 140 valence electrons. The van der Waals surface area contributed by atoms with E-state index in [-0.39, 0.29) is 17.2 Å². The summed E-state index contributed by atoms with van der Waals surface area (Å²) in [6.45, 7) is 3.92. The normalized spacial score (nSPS) is 29.0. The van der Waals surface area contributed by atoms with Crippen molar-refractivity contribution in [3.8, 4) is 0 Å². The summed E-state index contributed by atoms with van der Waals surface area (Å²) < 4.78 is 0. The first kappa shape index (κ1) is 17.5. The topological polar surface area (TPSA) is 52.7 Å². The van der Waals surface area contributed by atoms with Crippen molar-refractivity contribution in [1.29, 1.82) is 0 Å². The third-order valence-electron chi connectivity index (χ3n) is 6.82. The van der Waals surface area contributed by atoms with Gasteiger partial charge in [-0.25, -0.2) is 0 Å². The molecule has 0 bridgehead atoms. The van der Waals surface area contributed by atoms with E-state index in [0.29, 0.717) is 13.1 Å². The summed E-state index contributed by atoms with van der Waals surface area (Å²) in [4.78, 5) is 30.5. The van der Waals surface area contributed by atoms with Crippen molar-refractivity contribution >= 4 is 11.8 Å². The zero-order valence-electron chi connectivity index (χ0n) is 15.7. The van der Waals surface area contributed by atoms with Gasteiger partial charge in [-0.3, -0.25) is 9.59 Å². The molecule has 4 rings (SSSR count). The molecule has 1 N–H and O–H groups in total. The number of hydrogen-bond donors (Lipinski definition) is 1. The Labute approximate surface area is 155 Å². The molecule has 1 aromatic carbocycles. The Morgan fingerprint density at radius 2 is 1.77 bits per heavy atom. The Balaban J connectivity index is 1.61. The number of likely N-dealkylation sites (tertiary alicyclic amines) is 2. The van der Waals surface area contributed by atoms with Crippen LogP contribution in [0.1, 0.15) is 37.7 Å². The molecule has 0 aromatic heterocycles. The highest BCUT2D eigenvalue weighted by molar-refractivity contribution is 5.91. The van der Waals surface area contributed by atoms with E-state index >= 15 is 0 Å². The first-order valence-corrected chi connectivity index (χ1v) is 9.88. The van der Waals surface area contributed by atoms with Gasteiger partial charge < -0.3 is 15.1 Å². The van der Waals surface area contributed by atoms with Crippen molar-refractivity contribution in [3.63, 3.8) is 0 Å². The van der Waals surface area contributed by atoms with Crippen LogP contribution in [0, 0.1) is 5.41 Å². The van der Waals surface area contributed by atoms with Gasteiger partial charge in [-0.05, 0) is 57.8 Å². The summed E-state index contributed by atoms with van der Waals surface area (Å²) in [5.41, 5.74) is 0.342. The second-order valence-electron chi connectivity index (χ2n) is 8.37.